The number of carbonyl (C=O) groups is 2. The van der Waals surface area contributed by atoms with Crippen molar-refractivity contribution in [1.29, 1.82) is 0 Å². The third kappa shape index (κ3) is 3.96. The fourth-order valence-electron chi connectivity index (χ4n) is 1.49. The molecule has 6 heteroatoms. The normalized spacial score (nSPS) is 11.8. The van der Waals surface area contributed by atoms with Crippen molar-refractivity contribution in [2.24, 2.45) is 5.92 Å². The lowest BCUT2D eigenvalue weighted by Crippen LogP contribution is -2.29. The molecule has 1 atom stereocenters. The Morgan fingerprint density at radius 2 is 2.11 bits per heavy atom. The summed E-state index contributed by atoms with van der Waals surface area (Å²) in [6.07, 6.45) is -0.0323. The Hall–Kier alpha value is -1.56. The Bertz CT molecular complexity index is 490. The summed E-state index contributed by atoms with van der Waals surface area (Å²) in [5.41, 5.74) is 0.676. The number of carboxylic acids is 1. The average Bonchev–Trinajstić information content (AvgIpc) is 2.37. The first kappa shape index (κ1) is 15.5. The van der Waals surface area contributed by atoms with Gasteiger partial charge in [0.25, 0.3) is 0 Å². The number of hydrogen-bond acceptors (Lipinski definition) is 3. The molecule has 0 radical (unpaired) electrons. The highest BCUT2D eigenvalue weighted by molar-refractivity contribution is 9.10. The van der Waals surface area contributed by atoms with Crippen molar-refractivity contribution in [1.82, 2.24) is 0 Å². The lowest BCUT2D eigenvalue weighted by Gasteiger charge is -2.19. The first-order chi connectivity index (χ1) is 8.86. The minimum Gasteiger partial charge on any atom is -0.496 e. The van der Waals surface area contributed by atoms with Crippen LogP contribution in [0.2, 0.25) is 0 Å². The Labute approximate surface area is 120 Å². The van der Waals surface area contributed by atoms with Gasteiger partial charge in [-0.2, -0.15) is 0 Å². The van der Waals surface area contributed by atoms with Crippen LogP contribution in [0, 0.1) is 5.92 Å². The van der Waals surface area contributed by atoms with Crippen molar-refractivity contribution in [2.45, 2.75) is 13.3 Å². The quantitative estimate of drug-likeness (QED) is 0.901. The smallest absolute Gasteiger partial charge is 0.306 e. The lowest BCUT2D eigenvalue weighted by atomic mass is 10.1. The van der Waals surface area contributed by atoms with Crippen LogP contribution in [-0.2, 0) is 9.59 Å². The maximum Gasteiger partial charge on any atom is 0.306 e. The predicted molar refractivity (Wildman–Crippen MR) is 75.5 cm³/mol. The number of methoxy groups -OCH3 is 1. The predicted octanol–water partition coefficient (Wildman–Crippen LogP) is 2.53. The first-order valence-corrected chi connectivity index (χ1v) is 6.49. The lowest BCUT2D eigenvalue weighted by molar-refractivity contribution is -0.143. The average molecular weight is 330 g/mol. The number of ether oxygens (including phenoxy) is 1. The minimum atomic E-state index is -0.974. The van der Waals surface area contributed by atoms with Gasteiger partial charge in [0.1, 0.15) is 5.75 Å². The highest BCUT2D eigenvalue weighted by Gasteiger charge is 2.19. The van der Waals surface area contributed by atoms with Gasteiger partial charge in [0, 0.05) is 19.2 Å². The van der Waals surface area contributed by atoms with Crippen LogP contribution < -0.4 is 9.64 Å². The van der Waals surface area contributed by atoms with Gasteiger partial charge in [-0.15, -0.1) is 0 Å². The Kier molecular flexibility index (Phi) is 5.35. The van der Waals surface area contributed by atoms with Gasteiger partial charge < -0.3 is 14.7 Å². The first-order valence-electron chi connectivity index (χ1n) is 5.69. The maximum absolute atomic E-state index is 11.9. The number of benzene rings is 1. The van der Waals surface area contributed by atoms with Crippen molar-refractivity contribution >= 4 is 33.5 Å². The van der Waals surface area contributed by atoms with E-state index in [0.29, 0.717) is 11.4 Å². The number of rotatable bonds is 5. The standard InChI is InChI=1S/C13H16BrNO4/c1-8(13(17)18)6-12(16)15(2)9-4-5-11(19-3)10(14)7-9/h4-5,7-8H,6H2,1-3H3,(H,17,18). The largest absolute Gasteiger partial charge is 0.496 e. The third-order valence-electron chi connectivity index (χ3n) is 2.80. The molecule has 1 unspecified atom stereocenters. The molecule has 1 amide bonds. The van der Waals surface area contributed by atoms with Crippen LogP contribution in [0.5, 0.6) is 5.75 Å². The van der Waals surface area contributed by atoms with E-state index in [1.807, 2.05) is 0 Å². The molecular weight excluding hydrogens is 314 g/mol. The molecule has 5 nitrogen and oxygen atoms in total. The second kappa shape index (κ2) is 6.56. The number of carbonyl (C=O) groups excluding carboxylic acids is 1. The van der Waals surface area contributed by atoms with Gasteiger partial charge in [0.2, 0.25) is 5.91 Å². The van der Waals surface area contributed by atoms with Gasteiger partial charge in [-0.25, -0.2) is 0 Å². The van der Waals surface area contributed by atoms with E-state index < -0.39 is 11.9 Å². The van der Waals surface area contributed by atoms with Gasteiger partial charge in [0.05, 0.1) is 17.5 Å². The Morgan fingerprint density at radius 3 is 2.58 bits per heavy atom. The molecule has 0 saturated heterocycles. The molecule has 0 spiro atoms. The zero-order valence-corrected chi connectivity index (χ0v) is 12.6. The number of carboxylic acid groups (broad SMARTS) is 1. The minimum absolute atomic E-state index is 0.0323. The molecule has 0 fully saturated rings. The topological polar surface area (TPSA) is 66.8 Å². The fraction of sp³-hybridized carbons (Fsp3) is 0.385. The summed E-state index contributed by atoms with van der Waals surface area (Å²) in [5.74, 6) is -1.25. The molecule has 0 bridgehead atoms. The summed E-state index contributed by atoms with van der Waals surface area (Å²) in [4.78, 5) is 24.1. The van der Waals surface area contributed by atoms with Gasteiger partial charge in [-0.3, -0.25) is 9.59 Å². The van der Waals surface area contributed by atoms with Crippen LogP contribution in [-0.4, -0.2) is 31.1 Å². The summed E-state index contributed by atoms with van der Waals surface area (Å²) < 4.78 is 5.84. The molecule has 1 rings (SSSR count). The number of halogens is 1. The van der Waals surface area contributed by atoms with Gasteiger partial charge in [0.15, 0.2) is 0 Å². The SMILES string of the molecule is COc1ccc(N(C)C(=O)CC(C)C(=O)O)cc1Br. The highest BCUT2D eigenvalue weighted by Crippen LogP contribution is 2.29. The van der Waals surface area contributed by atoms with E-state index in [2.05, 4.69) is 15.9 Å². The molecular formula is C13H16BrNO4. The van der Waals surface area contributed by atoms with E-state index in [0.717, 1.165) is 4.47 Å². The van der Waals surface area contributed by atoms with E-state index in [9.17, 15) is 9.59 Å². The fourth-order valence-corrected chi connectivity index (χ4v) is 2.02. The number of nitrogens with zero attached hydrogens (tertiary/aromatic N) is 1. The molecule has 0 heterocycles. The van der Waals surface area contributed by atoms with Crippen molar-refractivity contribution in [2.75, 3.05) is 19.1 Å². The number of aliphatic carboxylic acids is 1. The monoisotopic (exact) mass is 329 g/mol. The maximum atomic E-state index is 11.9. The van der Waals surface area contributed by atoms with Gasteiger partial charge >= 0.3 is 5.97 Å². The molecule has 1 aromatic rings. The van der Waals surface area contributed by atoms with E-state index in [1.54, 1.807) is 32.4 Å². The van der Waals surface area contributed by atoms with Crippen LogP contribution in [0.15, 0.2) is 22.7 Å². The Morgan fingerprint density at radius 1 is 1.47 bits per heavy atom. The third-order valence-corrected chi connectivity index (χ3v) is 3.42. The van der Waals surface area contributed by atoms with Crippen molar-refractivity contribution in [3.05, 3.63) is 22.7 Å². The van der Waals surface area contributed by atoms with Crippen molar-refractivity contribution in [3.8, 4) is 5.75 Å². The van der Waals surface area contributed by atoms with E-state index in [-0.39, 0.29) is 12.3 Å². The van der Waals surface area contributed by atoms with E-state index >= 15 is 0 Å². The molecule has 1 aromatic carbocycles. The second-order valence-electron chi connectivity index (χ2n) is 4.22. The zero-order chi connectivity index (χ0) is 14.6. The number of amides is 1. The van der Waals surface area contributed by atoms with Crippen LogP contribution in [0.4, 0.5) is 5.69 Å². The van der Waals surface area contributed by atoms with Crippen LogP contribution >= 0.6 is 15.9 Å². The molecule has 0 aliphatic rings. The summed E-state index contributed by atoms with van der Waals surface area (Å²) in [7, 11) is 3.17. The van der Waals surface area contributed by atoms with Crippen molar-refractivity contribution < 1.29 is 19.4 Å². The summed E-state index contributed by atoms with van der Waals surface area (Å²) >= 11 is 3.34. The van der Waals surface area contributed by atoms with Crippen LogP contribution in [0.1, 0.15) is 13.3 Å². The summed E-state index contributed by atoms with van der Waals surface area (Å²) in [5, 5.41) is 8.80. The molecule has 0 saturated carbocycles. The summed E-state index contributed by atoms with van der Waals surface area (Å²) in [6, 6.07) is 5.24. The molecule has 1 N–H and O–H groups in total. The number of hydrogen-bond donors (Lipinski definition) is 1. The Balaban J connectivity index is 2.82. The summed E-state index contributed by atoms with van der Waals surface area (Å²) in [6.45, 7) is 1.51. The van der Waals surface area contributed by atoms with Gasteiger partial charge in [-0.1, -0.05) is 6.92 Å². The molecule has 104 valence electrons. The van der Waals surface area contributed by atoms with E-state index in [4.69, 9.17) is 9.84 Å². The molecule has 0 aliphatic heterocycles. The molecule has 0 aliphatic carbocycles. The van der Waals surface area contributed by atoms with Crippen molar-refractivity contribution in [3.63, 3.8) is 0 Å². The van der Waals surface area contributed by atoms with E-state index in [1.165, 1.54) is 11.8 Å². The van der Waals surface area contributed by atoms with Gasteiger partial charge in [-0.05, 0) is 34.1 Å². The molecule has 0 aromatic heterocycles. The second-order valence-corrected chi connectivity index (χ2v) is 5.07. The van der Waals surface area contributed by atoms with Crippen LogP contribution in [0.25, 0.3) is 0 Å². The number of anilines is 1. The van der Waals surface area contributed by atoms with Crippen LogP contribution in [0.3, 0.4) is 0 Å². The highest BCUT2D eigenvalue weighted by atomic mass is 79.9. The zero-order valence-electron chi connectivity index (χ0n) is 11.0. The molecule has 19 heavy (non-hydrogen) atoms.